The van der Waals surface area contributed by atoms with Crippen molar-refractivity contribution in [2.75, 3.05) is 4.72 Å². The topological polar surface area (TPSA) is 128 Å². The SMILES string of the molecule is O=C(N=Nc1cc(NS(=O)(=O)c2ccc(Br)cc2)c2ccccc2c1O)c1cccc(O)c1. The van der Waals surface area contributed by atoms with Crippen LogP contribution in [0.3, 0.4) is 0 Å². The molecule has 166 valence electrons. The number of nitrogens with one attached hydrogen (secondary N) is 1. The highest BCUT2D eigenvalue weighted by molar-refractivity contribution is 9.10. The van der Waals surface area contributed by atoms with Gasteiger partial charge in [-0.15, -0.1) is 10.2 Å². The summed E-state index contributed by atoms with van der Waals surface area (Å²) in [5.41, 5.74) is 0.163. The van der Waals surface area contributed by atoms with E-state index in [1.807, 2.05) is 0 Å². The predicted molar refractivity (Wildman–Crippen MR) is 128 cm³/mol. The van der Waals surface area contributed by atoms with Gasteiger partial charge in [-0.3, -0.25) is 9.52 Å². The first-order valence-electron chi connectivity index (χ1n) is 9.53. The Morgan fingerprint density at radius 2 is 1.58 bits per heavy atom. The molecule has 8 nitrogen and oxygen atoms in total. The van der Waals surface area contributed by atoms with E-state index in [9.17, 15) is 23.4 Å². The molecule has 1 amide bonds. The fraction of sp³-hybridized carbons (Fsp3) is 0. The Kier molecular flexibility index (Phi) is 6.12. The standard InChI is InChI=1S/C23H16BrN3O5S/c24-15-8-10-17(11-9-15)33(31,32)27-20-13-21(22(29)19-7-2-1-6-18(19)20)25-26-23(30)14-4-3-5-16(28)12-14/h1-13,27-29H. The normalized spacial score (nSPS) is 11.7. The van der Waals surface area contributed by atoms with Gasteiger partial charge in [0.1, 0.15) is 11.4 Å². The number of phenols is 2. The number of hydrogen-bond acceptors (Lipinski definition) is 6. The Hall–Kier alpha value is -3.76. The van der Waals surface area contributed by atoms with Crippen LogP contribution in [-0.4, -0.2) is 24.5 Å². The van der Waals surface area contributed by atoms with Crippen molar-refractivity contribution < 1.29 is 23.4 Å². The number of halogens is 1. The van der Waals surface area contributed by atoms with Crippen LogP contribution in [0.2, 0.25) is 0 Å². The Morgan fingerprint density at radius 3 is 2.27 bits per heavy atom. The molecule has 4 aromatic rings. The van der Waals surface area contributed by atoms with E-state index in [0.29, 0.717) is 10.8 Å². The van der Waals surface area contributed by atoms with E-state index < -0.39 is 15.9 Å². The number of hydrogen-bond donors (Lipinski definition) is 3. The van der Waals surface area contributed by atoms with Crippen molar-refractivity contribution in [3.05, 3.63) is 88.9 Å². The third-order valence-electron chi connectivity index (χ3n) is 4.71. The largest absolute Gasteiger partial charge is 0.508 e. The van der Waals surface area contributed by atoms with Crippen LogP contribution in [0, 0.1) is 0 Å². The molecule has 0 aliphatic rings. The molecule has 0 heterocycles. The molecule has 0 bridgehead atoms. The maximum absolute atomic E-state index is 12.9. The van der Waals surface area contributed by atoms with Gasteiger partial charge in [0.2, 0.25) is 0 Å². The molecule has 0 fully saturated rings. The number of amides is 1. The Morgan fingerprint density at radius 1 is 0.879 bits per heavy atom. The summed E-state index contributed by atoms with van der Waals surface area (Å²) in [5, 5.41) is 28.4. The van der Waals surface area contributed by atoms with E-state index in [1.165, 1.54) is 42.5 Å². The first-order chi connectivity index (χ1) is 15.7. The minimum Gasteiger partial charge on any atom is -0.508 e. The number of azo groups is 1. The van der Waals surface area contributed by atoms with E-state index in [4.69, 9.17) is 0 Å². The quantitative estimate of drug-likeness (QED) is 0.226. The number of aromatic hydroxyl groups is 2. The second-order valence-electron chi connectivity index (χ2n) is 6.95. The van der Waals surface area contributed by atoms with Crippen molar-refractivity contribution in [1.82, 2.24) is 0 Å². The van der Waals surface area contributed by atoms with Gasteiger partial charge < -0.3 is 10.2 Å². The first-order valence-corrected chi connectivity index (χ1v) is 11.8. The minimum atomic E-state index is -3.95. The van der Waals surface area contributed by atoms with Crippen LogP contribution in [-0.2, 0) is 10.0 Å². The van der Waals surface area contributed by atoms with Crippen molar-refractivity contribution in [2.45, 2.75) is 4.90 Å². The van der Waals surface area contributed by atoms with Crippen molar-refractivity contribution in [3.8, 4) is 11.5 Å². The molecule has 33 heavy (non-hydrogen) atoms. The fourth-order valence-electron chi connectivity index (χ4n) is 3.12. The molecule has 0 spiro atoms. The Bertz CT molecular complexity index is 1500. The minimum absolute atomic E-state index is 0.0464. The fourth-order valence-corrected chi connectivity index (χ4v) is 4.45. The summed E-state index contributed by atoms with van der Waals surface area (Å²) in [6.45, 7) is 0. The molecule has 3 N–H and O–H groups in total. The molecule has 10 heteroatoms. The van der Waals surface area contributed by atoms with E-state index >= 15 is 0 Å². The van der Waals surface area contributed by atoms with E-state index in [0.717, 1.165) is 4.47 Å². The monoisotopic (exact) mass is 525 g/mol. The Labute approximate surface area is 197 Å². The molecule has 0 aliphatic carbocycles. The van der Waals surface area contributed by atoms with Crippen molar-refractivity contribution in [3.63, 3.8) is 0 Å². The van der Waals surface area contributed by atoms with Gasteiger partial charge in [-0.1, -0.05) is 46.3 Å². The van der Waals surface area contributed by atoms with Gasteiger partial charge in [-0.2, -0.15) is 0 Å². The molecule has 0 aliphatic heterocycles. The zero-order valence-electron chi connectivity index (χ0n) is 16.8. The average molecular weight is 526 g/mol. The summed E-state index contributed by atoms with van der Waals surface area (Å²) in [7, 11) is -3.95. The number of nitrogens with zero attached hydrogens (tertiary/aromatic N) is 2. The lowest BCUT2D eigenvalue weighted by Gasteiger charge is -2.13. The number of benzene rings is 4. The molecule has 0 unspecified atom stereocenters. The summed E-state index contributed by atoms with van der Waals surface area (Å²) >= 11 is 3.27. The van der Waals surface area contributed by atoms with Crippen LogP contribution in [0.5, 0.6) is 11.5 Å². The molecular formula is C23H16BrN3O5S. The van der Waals surface area contributed by atoms with Gasteiger partial charge in [0.15, 0.2) is 5.75 Å². The Balaban J connectivity index is 1.75. The summed E-state index contributed by atoms with van der Waals surface area (Å²) in [6.07, 6.45) is 0. The van der Waals surface area contributed by atoms with E-state index in [1.54, 1.807) is 36.4 Å². The maximum Gasteiger partial charge on any atom is 0.295 e. The number of fused-ring (bicyclic) bond motifs is 1. The molecule has 0 radical (unpaired) electrons. The zero-order chi connectivity index (χ0) is 23.6. The molecule has 4 aromatic carbocycles. The molecule has 0 saturated carbocycles. The highest BCUT2D eigenvalue weighted by atomic mass is 79.9. The smallest absolute Gasteiger partial charge is 0.295 e. The lowest BCUT2D eigenvalue weighted by molar-refractivity contribution is 0.0994. The lowest BCUT2D eigenvalue weighted by Crippen LogP contribution is -2.13. The number of carbonyl (C=O) groups excluding carboxylic acids is 1. The second-order valence-corrected chi connectivity index (χ2v) is 9.55. The van der Waals surface area contributed by atoms with Crippen LogP contribution in [0.1, 0.15) is 10.4 Å². The first kappa shape index (κ1) is 22.4. The van der Waals surface area contributed by atoms with Gasteiger partial charge in [0.05, 0.1) is 10.6 Å². The number of sulfonamides is 1. The predicted octanol–water partition coefficient (Wildman–Crippen LogP) is 5.74. The zero-order valence-corrected chi connectivity index (χ0v) is 19.2. The summed E-state index contributed by atoms with van der Waals surface area (Å²) in [6, 6.07) is 19.6. The van der Waals surface area contributed by atoms with Gasteiger partial charge in [-0.25, -0.2) is 8.42 Å². The summed E-state index contributed by atoms with van der Waals surface area (Å²) in [5.74, 6) is -1.10. The van der Waals surface area contributed by atoms with E-state index in [-0.39, 0.29) is 33.3 Å². The molecule has 4 rings (SSSR count). The van der Waals surface area contributed by atoms with Crippen LogP contribution >= 0.6 is 15.9 Å². The average Bonchev–Trinajstić information content (AvgIpc) is 2.80. The molecule has 0 aromatic heterocycles. The van der Waals surface area contributed by atoms with E-state index in [2.05, 4.69) is 30.9 Å². The van der Waals surface area contributed by atoms with Gasteiger partial charge in [0.25, 0.3) is 15.9 Å². The molecule has 0 saturated heterocycles. The van der Waals surface area contributed by atoms with Crippen LogP contribution in [0.15, 0.2) is 98.5 Å². The molecule has 0 atom stereocenters. The van der Waals surface area contributed by atoms with Gasteiger partial charge >= 0.3 is 0 Å². The highest BCUT2D eigenvalue weighted by Gasteiger charge is 2.18. The maximum atomic E-state index is 12.9. The molecular weight excluding hydrogens is 510 g/mol. The van der Waals surface area contributed by atoms with Crippen LogP contribution in [0.4, 0.5) is 11.4 Å². The van der Waals surface area contributed by atoms with Crippen molar-refractivity contribution in [1.29, 1.82) is 0 Å². The number of anilines is 1. The third kappa shape index (κ3) is 4.86. The van der Waals surface area contributed by atoms with Crippen LogP contribution in [0.25, 0.3) is 10.8 Å². The van der Waals surface area contributed by atoms with Gasteiger partial charge in [0, 0.05) is 20.8 Å². The van der Waals surface area contributed by atoms with Crippen molar-refractivity contribution >= 4 is 54.0 Å². The number of carbonyl (C=O) groups is 1. The lowest BCUT2D eigenvalue weighted by atomic mass is 10.1. The summed E-state index contributed by atoms with van der Waals surface area (Å²) in [4.78, 5) is 12.3. The highest BCUT2D eigenvalue weighted by Crippen LogP contribution is 2.40. The summed E-state index contributed by atoms with van der Waals surface area (Å²) < 4.78 is 29.1. The van der Waals surface area contributed by atoms with Crippen molar-refractivity contribution in [2.24, 2.45) is 10.2 Å². The number of rotatable bonds is 5. The van der Waals surface area contributed by atoms with Gasteiger partial charge in [-0.05, 0) is 48.5 Å². The van der Waals surface area contributed by atoms with Crippen LogP contribution < -0.4 is 4.72 Å². The number of phenolic OH excluding ortho intramolecular Hbond substituents is 2. The third-order valence-corrected chi connectivity index (χ3v) is 6.62. The second kappa shape index (κ2) is 9.00.